The lowest BCUT2D eigenvalue weighted by atomic mass is 9.68. The maximum atomic E-state index is 13.0. The van der Waals surface area contributed by atoms with Crippen LogP contribution in [0.25, 0.3) is 0 Å². The van der Waals surface area contributed by atoms with Crippen molar-refractivity contribution in [2.75, 3.05) is 11.9 Å². The Bertz CT molecular complexity index is 732. The van der Waals surface area contributed by atoms with Crippen LogP contribution in [0.1, 0.15) is 57.3 Å². The van der Waals surface area contributed by atoms with Crippen molar-refractivity contribution in [2.24, 2.45) is 22.7 Å². The van der Waals surface area contributed by atoms with Gasteiger partial charge in [-0.3, -0.25) is 4.79 Å². The quantitative estimate of drug-likeness (QED) is 0.608. The van der Waals surface area contributed by atoms with Gasteiger partial charge in [-0.25, -0.2) is 4.79 Å². The number of hydrogen-bond donors (Lipinski definition) is 1. The maximum Gasteiger partial charge on any atom is 0.338 e. The molecule has 3 rings (SSSR count). The van der Waals surface area contributed by atoms with E-state index in [4.69, 9.17) is 4.74 Å². The zero-order valence-electron chi connectivity index (χ0n) is 16.2. The average Bonchev–Trinajstić information content (AvgIpc) is 3.13. The molecule has 2 atom stereocenters. The highest BCUT2D eigenvalue weighted by atomic mass is 16.5. The normalized spacial score (nSPS) is 26.2. The van der Waals surface area contributed by atoms with Crippen molar-refractivity contribution in [2.45, 2.75) is 47.0 Å². The monoisotopic (exact) mass is 355 g/mol. The summed E-state index contributed by atoms with van der Waals surface area (Å²) in [5.74, 6) is 0.542. The van der Waals surface area contributed by atoms with Gasteiger partial charge in [0.15, 0.2) is 0 Å². The van der Waals surface area contributed by atoms with Crippen LogP contribution in [-0.4, -0.2) is 18.5 Å². The van der Waals surface area contributed by atoms with Gasteiger partial charge in [-0.15, -0.1) is 0 Å². The lowest BCUT2D eigenvalue weighted by Crippen LogP contribution is -2.37. The molecule has 0 heterocycles. The zero-order valence-corrected chi connectivity index (χ0v) is 16.2. The van der Waals surface area contributed by atoms with E-state index >= 15 is 0 Å². The van der Waals surface area contributed by atoms with Gasteiger partial charge < -0.3 is 10.1 Å². The van der Waals surface area contributed by atoms with E-state index in [0.29, 0.717) is 29.7 Å². The van der Waals surface area contributed by atoms with E-state index in [-0.39, 0.29) is 17.3 Å². The van der Waals surface area contributed by atoms with Crippen LogP contribution in [0.5, 0.6) is 0 Å². The highest BCUT2D eigenvalue weighted by Crippen LogP contribution is 2.65. The minimum atomic E-state index is -0.441. The van der Waals surface area contributed by atoms with Crippen molar-refractivity contribution in [1.29, 1.82) is 0 Å². The number of anilines is 1. The molecule has 1 amide bonds. The number of carbonyl (C=O) groups is 2. The highest BCUT2D eigenvalue weighted by molar-refractivity contribution is 5.99. The zero-order chi connectivity index (χ0) is 19.1. The third kappa shape index (κ3) is 3.06. The van der Waals surface area contributed by atoms with Crippen LogP contribution < -0.4 is 5.32 Å². The molecule has 0 unspecified atom stereocenters. The first-order valence-corrected chi connectivity index (χ1v) is 9.45. The molecule has 2 aliphatic rings. The van der Waals surface area contributed by atoms with Gasteiger partial charge in [0.05, 0.1) is 17.6 Å². The van der Waals surface area contributed by atoms with E-state index in [1.807, 2.05) is 13.8 Å². The molecule has 4 nitrogen and oxygen atoms in total. The Hall–Kier alpha value is -2.10. The molecule has 2 aliphatic carbocycles. The van der Waals surface area contributed by atoms with Gasteiger partial charge in [-0.1, -0.05) is 39.8 Å². The van der Waals surface area contributed by atoms with Gasteiger partial charge in [0, 0.05) is 5.69 Å². The van der Waals surface area contributed by atoms with E-state index < -0.39 is 5.41 Å². The van der Waals surface area contributed by atoms with E-state index in [2.05, 4.69) is 25.7 Å². The van der Waals surface area contributed by atoms with Crippen molar-refractivity contribution in [3.63, 3.8) is 0 Å². The summed E-state index contributed by atoms with van der Waals surface area (Å²) in [5, 5.41) is 3.03. The fraction of sp³-hybridized carbons (Fsp3) is 0.545. The van der Waals surface area contributed by atoms with Crippen LogP contribution in [0, 0.1) is 22.7 Å². The summed E-state index contributed by atoms with van der Waals surface area (Å²) in [6, 6.07) is 6.91. The van der Waals surface area contributed by atoms with Crippen molar-refractivity contribution in [1.82, 2.24) is 0 Å². The first-order chi connectivity index (χ1) is 12.2. The number of esters is 1. The summed E-state index contributed by atoms with van der Waals surface area (Å²) in [7, 11) is 0. The average molecular weight is 355 g/mol. The molecule has 0 spiro atoms. The third-order valence-corrected chi connectivity index (χ3v) is 6.25. The molecule has 1 aromatic rings. The molecule has 0 radical (unpaired) electrons. The van der Waals surface area contributed by atoms with Gasteiger partial charge in [0.2, 0.25) is 5.91 Å². The summed E-state index contributed by atoms with van der Waals surface area (Å²) in [4.78, 5) is 25.0. The first-order valence-electron chi connectivity index (χ1n) is 9.45. The summed E-state index contributed by atoms with van der Waals surface area (Å²) < 4.78 is 5.23. The molecule has 2 fully saturated rings. The molecule has 0 aliphatic heterocycles. The molecular formula is C22H29NO3. The maximum absolute atomic E-state index is 13.0. The lowest BCUT2D eigenvalue weighted by Gasteiger charge is -2.37. The topological polar surface area (TPSA) is 55.4 Å². The van der Waals surface area contributed by atoms with Gasteiger partial charge >= 0.3 is 5.97 Å². The molecule has 140 valence electrons. The summed E-state index contributed by atoms with van der Waals surface area (Å²) in [5.41, 5.74) is 1.84. The predicted molar refractivity (Wildman–Crippen MR) is 103 cm³/mol. The Morgan fingerprint density at radius 2 is 1.92 bits per heavy atom. The van der Waals surface area contributed by atoms with Crippen molar-refractivity contribution in [3.8, 4) is 0 Å². The SMILES string of the molecule is C=C1C(C)(C)[C@H]2CC[C@]1(C(=O)Nc1ccc(C(=O)OCC(C)C)cc1)C2. The van der Waals surface area contributed by atoms with E-state index in [9.17, 15) is 9.59 Å². The second-order valence-corrected chi connectivity index (χ2v) is 8.75. The largest absolute Gasteiger partial charge is 0.462 e. The number of carbonyl (C=O) groups excluding carboxylic acids is 2. The second-order valence-electron chi connectivity index (χ2n) is 8.75. The minimum absolute atomic E-state index is 0.0274. The van der Waals surface area contributed by atoms with Crippen molar-refractivity contribution < 1.29 is 14.3 Å². The summed E-state index contributed by atoms with van der Waals surface area (Å²) in [6.07, 6.45) is 2.86. The number of rotatable bonds is 5. The molecule has 1 aromatic carbocycles. The molecule has 26 heavy (non-hydrogen) atoms. The van der Waals surface area contributed by atoms with Crippen LogP contribution in [0.4, 0.5) is 5.69 Å². The minimum Gasteiger partial charge on any atom is -0.462 e. The smallest absolute Gasteiger partial charge is 0.338 e. The number of benzene rings is 1. The molecule has 4 heteroatoms. The Morgan fingerprint density at radius 3 is 2.46 bits per heavy atom. The highest BCUT2D eigenvalue weighted by Gasteiger charge is 2.60. The molecular weight excluding hydrogens is 326 g/mol. The van der Waals surface area contributed by atoms with Gasteiger partial charge in [-0.2, -0.15) is 0 Å². The van der Waals surface area contributed by atoms with Crippen molar-refractivity contribution >= 4 is 17.6 Å². The van der Waals surface area contributed by atoms with E-state index in [1.54, 1.807) is 24.3 Å². The Labute approximate surface area is 156 Å². The van der Waals surface area contributed by atoms with Crippen LogP contribution >= 0.6 is 0 Å². The van der Waals surface area contributed by atoms with Crippen LogP contribution in [0.15, 0.2) is 36.4 Å². The fourth-order valence-corrected chi connectivity index (χ4v) is 4.41. The Balaban J connectivity index is 1.67. The molecule has 1 N–H and O–H groups in total. The van der Waals surface area contributed by atoms with E-state index in [0.717, 1.165) is 24.8 Å². The predicted octanol–water partition coefficient (Wildman–Crippen LogP) is 4.82. The number of ether oxygens (including phenoxy) is 1. The lowest BCUT2D eigenvalue weighted by molar-refractivity contribution is -0.123. The molecule has 2 bridgehead atoms. The van der Waals surface area contributed by atoms with Crippen LogP contribution in [0.3, 0.4) is 0 Å². The molecule has 0 saturated heterocycles. The second kappa shape index (κ2) is 6.57. The van der Waals surface area contributed by atoms with Crippen molar-refractivity contribution in [3.05, 3.63) is 42.0 Å². The number of nitrogens with one attached hydrogen (secondary N) is 1. The Kier molecular flexibility index (Phi) is 4.72. The number of hydrogen-bond acceptors (Lipinski definition) is 3. The number of amides is 1. The Morgan fingerprint density at radius 1 is 1.27 bits per heavy atom. The third-order valence-electron chi connectivity index (χ3n) is 6.25. The van der Waals surface area contributed by atoms with E-state index in [1.165, 1.54) is 0 Å². The summed E-state index contributed by atoms with van der Waals surface area (Å²) in [6.45, 7) is 13.1. The first kappa shape index (κ1) is 18.7. The fourth-order valence-electron chi connectivity index (χ4n) is 4.41. The van der Waals surface area contributed by atoms with Gasteiger partial charge in [0.25, 0.3) is 0 Å². The van der Waals surface area contributed by atoms with Crippen LogP contribution in [0.2, 0.25) is 0 Å². The van der Waals surface area contributed by atoms with Gasteiger partial charge in [0.1, 0.15) is 0 Å². The standard InChI is InChI=1S/C22H29NO3/c1-14(2)13-26-19(24)16-6-8-18(9-7-16)23-20(25)22-11-10-17(12-22)21(4,5)15(22)3/h6-9,14,17H,3,10-13H2,1-2,4-5H3,(H,23,25)/t17-,22-/m0/s1. The summed E-state index contributed by atoms with van der Waals surface area (Å²) >= 11 is 0. The number of fused-ring (bicyclic) bond motifs is 2. The molecule has 2 saturated carbocycles. The van der Waals surface area contributed by atoms with Crippen LogP contribution in [-0.2, 0) is 9.53 Å². The molecule has 0 aromatic heterocycles. The van der Waals surface area contributed by atoms with Gasteiger partial charge in [-0.05, 0) is 60.8 Å².